The molecule has 2 N–H and O–H groups in total. The number of hydrogen-bond acceptors (Lipinski definition) is 2. The van der Waals surface area contributed by atoms with Gasteiger partial charge in [0.2, 0.25) is 0 Å². The molecule has 2 rings (SSSR count). The van der Waals surface area contributed by atoms with Crippen molar-refractivity contribution in [3.05, 3.63) is 24.0 Å². The fourth-order valence-corrected chi connectivity index (χ4v) is 2.35. The molecule has 0 saturated carbocycles. The van der Waals surface area contributed by atoms with E-state index in [9.17, 15) is 0 Å². The second kappa shape index (κ2) is 5.51. The fraction of sp³-hybridized carbons (Fsp3) is 0.692. The molecule has 1 aliphatic rings. The van der Waals surface area contributed by atoms with Gasteiger partial charge < -0.3 is 15.2 Å². The van der Waals surface area contributed by atoms with Crippen molar-refractivity contribution >= 4 is 0 Å². The highest BCUT2D eigenvalue weighted by Gasteiger charge is 2.20. The lowest BCUT2D eigenvalue weighted by Gasteiger charge is -2.34. The number of aromatic amines is 1. The van der Waals surface area contributed by atoms with Crippen molar-refractivity contribution in [3.8, 4) is 0 Å². The Morgan fingerprint density at radius 3 is 2.75 bits per heavy atom. The van der Waals surface area contributed by atoms with E-state index in [1.165, 1.54) is 31.6 Å². The molecule has 2 heterocycles. The Balaban J connectivity index is 1.69. The van der Waals surface area contributed by atoms with E-state index >= 15 is 0 Å². The molecular weight excluding hydrogens is 198 g/mol. The van der Waals surface area contributed by atoms with Crippen molar-refractivity contribution < 1.29 is 0 Å². The van der Waals surface area contributed by atoms with Crippen LogP contribution in [0.4, 0.5) is 0 Å². The van der Waals surface area contributed by atoms with Crippen molar-refractivity contribution in [1.82, 2.24) is 15.2 Å². The van der Waals surface area contributed by atoms with Gasteiger partial charge in [0, 0.05) is 30.5 Å². The van der Waals surface area contributed by atoms with Crippen LogP contribution in [0.3, 0.4) is 0 Å². The Morgan fingerprint density at radius 2 is 2.19 bits per heavy atom. The average Bonchev–Trinajstić information content (AvgIpc) is 2.80. The Labute approximate surface area is 98.2 Å². The number of piperidine rings is 1. The van der Waals surface area contributed by atoms with Crippen LogP contribution in [-0.2, 0) is 6.54 Å². The van der Waals surface area contributed by atoms with Crippen molar-refractivity contribution in [2.24, 2.45) is 0 Å². The Bertz CT molecular complexity index is 284. The summed E-state index contributed by atoms with van der Waals surface area (Å²) in [7, 11) is 0. The SMILES string of the molecule is CC(C)N1CCC(NCc2ccc[nH]2)CC1. The molecule has 0 atom stereocenters. The number of likely N-dealkylation sites (tertiary alicyclic amines) is 1. The summed E-state index contributed by atoms with van der Waals surface area (Å²) in [4.78, 5) is 5.79. The Hall–Kier alpha value is -0.800. The van der Waals surface area contributed by atoms with E-state index in [1.54, 1.807) is 0 Å². The van der Waals surface area contributed by atoms with E-state index in [2.05, 4.69) is 41.2 Å². The molecule has 1 saturated heterocycles. The summed E-state index contributed by atoms with van der Waals surface area (Å²) < 4.78 is 0. The minimum atomic E-state index is 0.693. The summed E-state index contributed by atoms with van der Waals surface area (Å²) in [6.07, 6.45) is 4.54. The summed E-state index contributed by atoms with van der Waals surface area (Å²) in [5.74, 6) is 0. The van der Waals surface area contributed by atoms with Gasteiger partial charge in [0.25, 0.3) is 0 Å². The van der Waals surface area contributed by atoms with E-state index in [4.69, 9.17) is 0 Å². The molecular formula is C13H23N3. The smallest absolute Gasteiger partial charge is 0.0359 e. The highest BCUT2D eigenvalue weighted by atomic mass is 15.2. The quantitative estimate of drug-likeness (QED) is 0.814. The number of nitrogens with zero attached hydrogens (tertiary/aromatic N) is 1. The third kappa shape index (κ3) is 3.09. The van der Waals surface area contributed by atoms with Gasteiger partial charge in [0.15, 0.2) is 0 Å². The van der Waals surface area contributed by atoms with Crippen LogP contribution in [0.15, 0.2) is 18.3 Å². The number of rotatable bonds is 4. The highest BCUT2D eigenvalue weighted by Crippen LogP contribution is 2.13. The largest absolute Gasteiger partial charge is 0.364 e. The maximum atomic E-state index is 3.63. The molecule has 0 radical (unpaired) electrons. The van der Waals surface area contributed by atoms with Crippen molar-refractivity contribution in [2.45, 2.75) is 45.3 Å². The molecule has 3 nitrogen and oxygen atoms in total. The average molecular weight is 221 g/mol. The molecule has 1 aromatic rings. The first-order valence-corrected chi connectivity index (χ1v) is 6.35. The molecule has 0 bridgehead atoms. The lowest BCUT2D eigenvalue weighted by atomic mass is 10.0. The van der Waals surface area contributed by atoms with Crippen LogP contribution in [0.1, 0.15) is 32.4 Å². The summed E-state index contributed by atoms with van der Waals surface area (Å²) in [6, 6.07) is 5.58. The minimum Gasteiger partial charge on any atom is -0.364 e. The van der Waals surface area contributed by atoms with Crippen molar-refractivity contribution in [1.29, 1.82) is 0 Å². The fourth-order valence-electron chi connectivity index (χ4n) is 2.35. The third-order valence-electron chi connectivity index (χ3n) is 3.50. The first-order chi connectivity index (χ1) is 7.75. The molecule has 90 valence electrons. The van der Waals surface area contributed by atoms with Crippen molar-refractivity contribution in [3.63, 3.8) is 0 Å². The van der Waals surface area contributed by atoms with Crippen LogP contribution in [0.5, 0.6) is 0 Å². The normalized spacial score (nSPS) is 19.4. The zero-order chi connectivity index (χ0) is 11.4. The van der Waals surface area contributed by atoms with Crippen LogP contribution in [0.2, 0.25) is 0 Å². The van der Waals surface area contributed by atoms with Gasteiger partial charge in [-0.3, -0.25) is 0 Å². The molecule has 0 aromatic carbocycles. The first kappa shape index (κ1) is 11.7. The van der Waals surface area contributed by atoms with Crippen LogP contribution in [0, 0.1) is 0 Å². The van der Waals surface area contributed by atoms with Gasteiger partial charge in [-0.2, -0.15) is 0 Å². The zero-order valence-corrected chi connectivity index (χ0v) is 10.4. The molecule has 16 heavy (non-hydrogen) atoms. The predicted octanol–water partition coefficient (Wildman–Crippen LogP) is 1.98. The molecule has 0 amide bonds. The van der Waals surface area contributed by atoms with Gasteiger partial charge in [0.1, 0.15) is 0 Å². The standard InChI is InChI=1S/C13H23N3/c1-11(2)16-8-5-12(6-9-16)15-10-13-4-3-7-14-13/h3-4,7,11-12,14-15H,5-6,8-10H2,1-2H3. The molecule has 0 spiro atoms. The van der Waals surface area contributed by atoms with Gasteiger partial charge in [0.05, 0.1) is 0 Å². The Kier molecular flexibility index (Phi) is 4.02. The molecule has 3 heteroatoms. The summed E-state index contributed by atoms with van der Waals surface area (Å²) in [6.45, 7) is 8.01. The van der Waals surface area contributed by atoms with E-state index in [-0.39, 0.29) is 0 Å². The van der Waals surface area contributed by atoms with Crippen LogP contribution < -0.4 is 5.32 Å². The second-order valence-electron chi connectivity index (χ2n) is 4.98. The lowest BCUT2D eigenvalue weighted by Crippen LogP contribution is -2.44. The third-order valence-corrected chi connectivity index (χ3v) is 3.50. The molecule has 1 aliphatic heterocycles. The maximum Gasteiger partial charge on any atom is 0.0359 e. The molecule has 1 fully saturated rings. The number of H-pyrrole nitrogens is 1. The van der Waals surface area contributed by atoms with Gasteiger partial charge in [-0.15, -0.1) is 0 Å². The van der Waals surface area contributed by atoms with E-state index in [1.807, 2.05) is 6.20 Å². The van der Waals surface area contributed by atoms with Crippen LogP contribution in [-0.4, -0.2) is 35.1 Å². The summed E-state index contributed by atoms with van der Waals surface area (Å²) in [5, 5.41) is 3.63. The van der Waals surface area contributed by atoms with Gasteiger partial charge >= 0.3 is 0 Å². The maximum absolute atomic E-state index is 3.63. The second-order valence-corrected chi connectivity index (χ2v) is 4.98. The first-order valence-electron chi connectivity index (χ1n) is 6.35. The van der Waals surface area contributed by atoms with E-state index < -0.39 is 0 Å². The molecule has 0 unspecified atom stereocenters. The summed E-state index contributed by atoms with van der Waals surface area (Å²) in [5.41, 5.74) is 1.28. The number of nitrogens with one attached hydrogen (secondary N) is 2. The Morgan fingerprint density at radius 1 is 1.44 bits per heavy atom. The zero-order valence-electron chi connectivity index (χ0n) is 10.4. The van der Waals surface area contributed by atoms with E-state index in [0.29, 0.717) is 12.1 Å². The van der Waals surface area contributed by atoms with Gasteiger partial charge in [-0.25, -0.2) is 0 Å². The monoisotopic (exact) mass is 221 g/mol. The lowest BCUT2D eigenvalue weighted by molar-refractivity contribution is 0.160. The highest BCUT2D eigenvalue weighted by molar-refractivity contribution is 5.03. The predicted molar refractivity (Wildman–Crippen MR) is 67.4 cm³/mol. The topological polar surface area (TPSA) is 31.1 Å². The number of hydrogen-bond donors (Lipinski definition) is 2. The molecule has 1 aromatic heterocycles. The van der Waals surface area contributed by atoms with Gasteiger partial charge in [-0.1, -0.05) is 0 Å². The van der Waals surface area contributed by atoms with Crippen LogP contribution in [0.25, 0.3) is 0 Å². The van der Waals surface area contributed by atoms with Gasteiger partial charge in [-0.05, 0) is 51.9 Å². The summed E-state index contributed by atoms with van der Waals surface area (Å²) >= 11 is 0. The van der Waals surface area contributed by atoms with Crippen LogP contribution >= 0.6 is 0 Å². The number of aromatic nitrogens is 1. The minimum absolute atomic E-state index is 0.693. The molecule has 0 aliphatic carbocycles. The van der Waals surface area contributed by atoms with E-state index in [0.717, 1.165) is 6.54 Å². The van der Waals surface area contributed by atoms with Crippen molar-refractivity contribution in [2.75, 3.05) is 13.1 Å².